The molecule has 3 aliphatic heterocycles. The predicted molar refractivity (Wildman–Crippen MR) is 136 cm³/mol. The molecule has 8 heteroatoms. The second kappa shape index (κ2) is 7.91. The minimum Gasteiger partial charge on any atom is -0.487 e. The summed E-state index contributed by atoms with van der Waals surface area (Å²) in [6, 6.07) is 17.4. The van der Waals surface area contributed by atoms with E-state index in [1.54, 1.807) is 12.1 Å². The maximum absolute atomic E-state index is 14.2. The molecule has 0 aromatic heterocycles. The number of halogens is 3. The number of hydrogen-bond donors (Lipinski definition) is 1. The maximum atomic E-state index is 14.2. The van der Waals surface area contributed by atoms with Crippen LogP contribution in [0.2, 0.25) is 0 Å². The lowest BCUT2D eigenvalue weighted by Gasteiger charge is -2.50. The Labute approximate surface area is 218 Å². The lowest BCUT2D eigenvalue weighted by molar-refractivity contribution is -0.274. The molecular formula is C30H28F3NO4. The zero-order chi connectivity index (χ0) is 27.1. The highest BCUT2D eigenvalue weighted by molar-refractivity contribution is 6.10. The number of rotatable bonds is 3. The Hall–Kier alpha value is -3.68. The third kappa shape index (κ3) is 3.80. The van der Waals surface area contributed by atoms with Crippen LogP contribution >= 0.6 is 0 Å². The Bertz CT molecular complexity index is 1440. The van der Waals surface area contributed by atoms with Gasteiger partial charge in [0, 0.05) is 29.7 Å². The number of amides is 1. The molecule has 3 aromatic rings. The van der Waals surface area contributed by atoms with Gasteiger partial charge in [-0.3, -0.25) is 4.79 Å². The molecule has 0 aliphatic carbocycles. The summed E-state index contributed by atoms with van der Waals surface area (Å²) in [6.07, 6.45) is -3.68. The second-order valence-electron chi connectivity index (χ2n) is 11.5. The molecule has 1 N–H and O–H groups in total. The Balaban J connectivity index is 1.51. The van der Waals surface area contributed by atoms with E-state index >= 15 is 0 Å². The van der Waals surface area contributed by atoms with E-state index in [-0.39, 0.29) is 23.2 Å². The Kier molecular flexibility index (Phi) is 5.13. The predicted octanol–water partition coefficient (Wildman–Crippen LogP) is 6.57. The zero-order valence-corrected chi connectivity index (χ0v) is 21.5. The molecule has 3 heterocycles. The minimum absolute atomic E-state index is 0.142. The van der Waals surface area contributed by atoms with E-state index in [9.17, 15) is 18.0 Å². The summed E-state index contributed by atoms with van der Waals surface area (Å²) in [7, 11) is 0. The Morgan fingerprint density at radius 2 is 1.66 bits per heavy atom. The van der Waals surface area contributed by atoms with Crippen LogP contribution in [0, 0.1) is 5.92 Å². The van der Waals surface area contributed by atoms with Gasteiger partial charge in [0.25, 0.3) is 0 Å². The molecule has 2 unspecified atom stereocenters. The third-order valence-electron chi connectivity index (χ3n) is 7.88. The van der Waals surface area contributed by atoms with Crippen LogP contribution in [0.4, 0.5) is 18.9 Å². The fourth-order valence-electron chi connectivity index (χ4n) is 6.44. The SMILES string of the molecule is CC1(C)Cc2cc3c(cc2O1)OC(C)(C)C(Cc1ccc(OC(F)(F)F)cc1)C31C(=O)Nc2ccccc21. The van der Waals surface area contributed by atoms with Crippen molar-refractivity contribution in [2.24, 2.45) is 5.92 Å². The molecule has 38 heavy (non-hydrogen) atoms. The van der Waals surface area contributed by atoms with E-state index in [2.05, 4.69) is 10.1 Å². The molecule has 198 valence electrons. The van der Waals surface area contributed by atoms with Crippen LogP contribution in [0.5, 0.6) is 17.2 Å². The topological polar surface area (TPSA) is 56.8 Å². The molecule has 0 saturated heterocycles. The van der Waals surface area contributed by atoms with Crippen molar-refractivity contribution in [3.63, 3.8) is 0 Å². The van der Waals surface area contributed by atoms with Crippen LogP contribution in [-0.4, -0.2) is 23.5 Å². The number of ether oxygens (including phenoxy) is 3. The number of benzene rings is 3. The van der Waals surface area contributed by atoms with Gasteiger partial charge in [0.05, 0.1) is 0 Å². The average molecular weight is 524 g/mol. The summed E-state index contributed by atoms with van der Waals surface area (Å²) in [5.41, 5.74) is 1.92. The number of alkyl halides is 3. The smallest absolute Gasteiger partial charge is 0.487 e. The largest absolute Gasteiger partial charge is 0.573 e. The van der Waals surface area contributed by atoms with Crippen molar-refractivity contribution in [3.05, 3.63) is 82.9 Å². The molecule has 0 radical (unpaired) electrons. The highest BCUT2D eigenvalue weighted by Gasteiger charge is 2.62. The summed E-state index contributed by atoms with van der Waals surface area (Å²) < 4.78 is 54.9. The van der Waals surface area contributed by atoms with E-state index in [0.29, 0.717) is 18.6 Å². The van der Waals surface area contributed by atoms with Gasteiger partial charge in [0.1, 0.15) is 33.9 Å². The number of carbonyl (C=O) groups is 1. The molecule has 1 amide bonds. The molecule has 6 rings (SSSR count). The molecule has 1 spiro atoms. The number of hydrogen-bond acceptors (Lipinski definition) is 4. The van der Waals surface area contributed by atoms with Crippen molar-refractivity contribution in [2.75, 3.05) is 5.32 Å². The second-order valence-corrected chi connectivity index (χ2v) is 11.5. The van der Waals surface area contributed by atoms with Gasteiger partial charge < -0.3 is 19.5 Å². The highest BCUT2D eigenvalue weighted by Crippen LogP contribution is 2.59. The molecule has 0 fully saturated rings. The van der Waals surface area contributed by atoms with E-state index in [0.717, 1.165) is 33.7 Å². The van der Waals surface area contributed by atoms with Gasteiger partial charge in [0.15, 0.2) is 0 Å². The van der Waals surface area contributed by atoms with E-state index < -0.39 is 17.4 Å². The fourth-order valence-corrected chi connectivity index (χ4v) is 6.44. The van der Waals surface area contributed by atoms with Crippen LogP contribution in [0.1, 0.15) is 49.9 Å². The van der Waals surface area contributed by atoms with Gasteiger partial charge in [-0.1, -0.05) is 30.3 Å². The van der Waals surface area contributed by atoms with Crippen molar-refractivity contribution in [3.8, 4) is 17.2 Å². The number of carbonyl (C=O) groups excluding carboxylic acids is 1. The van der Waals surface area contributed by atoms with Gasteiger partial charge in [-0.05, 0) is 75.1 Å². The van der Waals surface area contributed by atoms with Crippen LogP contribution in [-0.2, 0) is 23.1 Å². The van der Waals surface area contributed by atoms with Gasteiger partial charge in [-0.15, -0.1) is 13.2 Å². The lowest BCUT2D eigenvalue weighted by atomic mass is 9.58. The van der Waals surface area contributed by atoms with Crippen molar-refractivity contribution < 1.29 is 32.2 Å². The number of fused-ring (bicyclic) bond motifs is 5. The van der Waals surface area contributed by atoms with E-state index in [4.69, 9.17) is 9.47 Å². The summed E-state index contributed by atoms with van der Waals surface area (Å²) in [4.78, 5) is 14.2. The lowest BCUT2D eigenvalue weighted by Crippen LogP contribution is -2.58. The van der Waals surface area contributed by atoms with Gasteiger partial charge in [0.2, 0.25) is 5.91 Å². The highest BCUT2D eigenvalue weighted by atomic mass is 19.4. The molecule has 3 aliphatic rings. The summed E-state index contributed by atoms with van der Waals surface area (Å²) >= 11 is 0. The summed E-state index contributed by atoms with van der Waals surface area (Å²) in [5.74, 6) is 0.543. The van der Waals surface area contributed by atoms with Crippen LogP contribution < -0.4 is 19.5 Å². The standard InChI is InChI=1S/C30H28F3NO4/c1-27(2)16-18-14-21-24(15-23(18)37-27)38-28(3,4)25(13-17-9-11-19(12-10-17)36-30(31,32)33)29(21)20-7-5-6-8-22(20)34-26(29)35/h5-12,14-15,25H,13,16H2,1-4H3,(H,34,35). The molecule has 5 nitrogen and oxygen atoms in total. The Morgan fingerprint density at radius 1 is 0.947 bits per heavy atom. The maximum Gasteiger partial charge on any atom is 0.573 e. The van der Waals surface area contributed by atoms with E-state index in [1.807, 2.05) is 64.1 Å². The first kappa shape index (κ1) is 24.6. The first-order chi connectivity index (χ1) is 17.8. The van der Waals surface area contributed by atoms with Crippen LogP contribution in [0.25, 0.3) is 0 Å². The normalized spacial score (nSPS) is 24.1. The Morgan fingerprint density at radius 3 is 2.37 bits per heavy atom. The van der Waals surface area contributed by atoms with Crippen LogP contribution in [0.3, 0.4) is 0 Å². The minimum atomic E-state index is -4.77. The monoisotopic (exact) mass is 523 g/mol. The number of para-hydroxylation sites is 1. The summed E-state index contributed by atoms with van der Waals surface area (Å²) in [6.45, 7) is 7.96. The van der Waals surface area contributed by atoms with Gasteiger partial charge >= 0.3 is 6.36 Å². The average Bonchev–Trinajstić information content (AvgIpc) is 3.27. The number of nitrogens with one attached hydrogen (secondary N) is 1. The van der Waals surface area contributed by atoms with Crippen molar-refractivity contribution in [1.29, 1.82) is 0 Å². The molecule has 0 bridgehead atoms. The molecule has 0 saturated carbocycles. The first-order valence-corrected chi connectivity index (χ1v) is 12.6. The third-order valence-corrected chi connectivity index (χ3v) is 7.88. The number of anilines is 1. The van der Waals surface area contributed by atoms with Crippen molar-refractivity contribution >= 4 is 11.6 Å². The molecule has 2 atom stereocenters. The van der Waals surface area contributed by atoms with Crippen LogP contribution in [0.15, 0.2) is 60.7 Å². The van der Waals surface area contributed by atoms with E-state index in [1.165, 1.54) is 12.1 Å². The van der Waals surface area contributed by atoms with Crippen molar-refractivity contribution in [1.82, 2.24) is 0 Å². The first-order valence-electron chi connectivity index (χ1n) is 12.6. The zero-order valence-electron chi connectivity index (χ0n) is 21.5. The summed E-state index contributed by atoms with van der Waals surface area (Å²) in [5, 5.41) is 3.10. The van der Waals surface area contributed by atoms with Gasteiger partial charge in [-0.2, -0.15) is 0 Å². The van der Waals surface area contributed by atoms with Crippen molar-refractivity contribution in [2.45, 2.75) is 63.5 Å². The molecule has 3 aromatic carbocycles. The fraction of sp³-hybridized carbons (Fsp3) is 0.367. The molecular weight excluding hydrogens is 495 g/mol. The van der Waals surface area contributed by atoms with Gasteiger partial charge in [-0.25, -0.2) is 0 Å². The quantitative estimate of drug-likeness (QED) is 0.422.